The SMILES string of the molecule is CC(C)(CO)Cn1cnc2cc(N)ccc21. The lowest BCUT2D eigenvalue weighted by Gasteiger charge is -2.22. The van der Waals surface area contributed by atoms with Crippen LogP contribution in [0.5, 0.6) is 0 Å². The van der Waals surface area contributed by atoms with Gasteiger partial charge in [-0.2, -0.15) is 0 Å². The number of hydrogen-bond acceptors (Lipinski definition) is 3. The quantitative estimate of drug-likeness (QED) is 0.771. The van der Waals surface area contributed by atoms with E-state index in [-0.39, 0.29) is 12.0 Å². The molecule has 0 spiro atoms. The summed E-state index contributed by atoms with van der Waals surface area (Å²) in [5.41, 5.74) is 8.22. The number of imidazole rings is 1. The maximum absolute atomic E-state index is 9.26. The highest BCUT2D eigenvalue weighted by Crippen LogP contribution is 2.22. The predicted molar refractivity (Wildman–Crippen MR) is 65.0 cm³/mol. The minimum atomic E-state index is -0.144. The highest BCUT2D eigenvalue weighted by molar-refractivity contribution is 5.78. The molecule has 0 amide bonds. The van der Waals surface area contributed by atoms with E-state index in [4.69, 9.17) is 5.73 Å². The number of hydrogen-bond donors (Lipinski definition) is 2. The van der Waals surface area contributed by atoms with Crippen molar-refractivity contribution in [2.45, 2.75) is 20.4 Å². The van der Waals surface area contributed by atoms with Gasteiger partial charge in [0.25, 0.3) is 0 Å². The Kier molecular flexibility index (Phi) is 2.59. The molecule has 1 aromatic heterocycles. The minimum Gasteiger partial charge on any atom is -0.399 e. The zero-order valence-corrected chi connectivity index (χ0v) is 9.64. The predicted octanol–water partition coefficient (Wildman–Crippen LogP) is 1.64. The van der Waals surface area contributed by atoms with E-state index in [0.29, 0.717) is 0 Å². The Labute approximate surface area is 94.7 Å². The Hall–Kier alpha value is -1.55. The molecule has 4 nitrogen and oxygen atoms in total. The number of aliphatic hydroxyl groups excluding tert-OH is 1. The van der Waals surface area contributed by atoms with E-state index in [1.807, 2.05) is 36.6 Å². The van der Waals surface area contributed by atoms with Gasteiger partial charge in [0.05, 0.1) is 17.4 Å². The largest absolute Gasteiger partial charge is 0.399 e. The Bertz CT molecular complexity index is 502. The average molecular weight is 219 g/mol. The highest BCUT2D eigenvalue weighted by atomic mass is 16.3. The van der Waals surface area contributed by atoms with E-state index >= 15 is 0 Å². The van der Waals surface area contributed by atoms with E-state index < -0.39 is 0 Å². The van der Waals surface area contributed by atoms with Gasteiger partial charge in [0.1, 0.15) is 0 Å². The molecule has 0 aliphatic rings. The summed E-state index contributed by atoms with van der Waals surface area (Å²) < 4.78 is 2.05. The van der Waals surface area contributed by atoms with Gasteiger partial charge in [0, 0.05) is 24.3 Å². The number of nitrogen functional groups attached to an aromatic ring is 1. The van der Waals surface area contributed by atoms with Crippen LogP contribution < -0.4 is 5.73 Å². The molecule has 1 aromatic carbocycles. The molecule has 0 radical (unpaired) electrons. The molecule has 16 heavy (non-hydrogen) atoms. The molecule has 4 heteroatoms. The molecule has 0 fully saturated rings. The fourth-order valence-electron chi connectivity index (χ4n) is 1.72. The third-order valence-electron chi connectivity index (χ3n) is 2.67. The molecule has 0 atom stereocenters. The Morgan fingerprint density at radius 3 is 2.88 bits per heavy atom. The van der Waals surface area contributed by atoms with Crippen molar-refractivity contribution in [3.63, 3.8) is 0 Å². The van der Waals surface area contributed by atoms with Gasteiger partial charge < -0.3 is 15.4 Å². The lowest BCUT2D eigenvalue weighted by atomic mass is 9.95. The van der Waals surface area contributed by atoms with Gasteiger partial charge in [-0.15, -0.1) is 0 Å². The summed E-state index contributed by atoms with van der Waals surface area (Å²) in [6, 6.07) is 5.69. The summed E-state index contributed by atoms with van der Waals surface area (Å²) in [5.74, 6) is 0. The number of nitrogens with zero attached hydrogens (tertiary/aromatic N) is 2. The molecule has 0 unspecified atom stereocenters. The third kappa shape index (κ3) is 2.02. The topological polar surface area (TPSA) is 64.1 Å². The second kappa shape index (κ2) is 3.79. The van der Waals surface area contributed by atoms with Crippen LogP contribution >= 0.6 is 0 Å². The fraction of sp³-hybridized carbons (Fsp3) is 0.417. The van der Waals surface area contributed by atoms with Gasteiger partial charge in [0.15, 0.2) is 0 Å². The average Bonchev–Trinajstić information content (AvgIpc) is 2.60. The first-order valence-corrected chi connectivity index (χ1v) is 5.33. The van der Waals surface area contributed by atoms with Crippen LogP contribution in [0.1, 0.15) is 13.8 Å². The summed E-state index contributed by atoms with van der Waals surface area (Å²) in [4.78, 5) is 4.30. The van der Waals surface area contributed by atoms with Crippen LogP contribution in [0.2, 0.25) is 0 Å². The van der Waals surface area contributed by atoms with Crippen LogP contribution in [0.15, 0.2) is 24.5 Å². The Morgan fingerprint density at radius 2 is 2.19 bits per heavy atom. The van der Waals surface area contributed by atoms with Crippen molar-refractivity contribution in [2.75, 3.05) is 12.3 Å². The summed E-state index contributed by atoms with van der Waals surface area (Å²) in [5, 5.41) is 9.26. The number of rotatable bonds is 3. The number of benzene rings is 1. The van der Waals surface area contributed by atoms with Crippen LogP contribution in [-0.4, -0.2) is 21.3 Å². The molecule has 0 bridgehead atoms. The van der Waals surface area contributed by atoms with Gasteiger partial charge in [0.2, 0.25) is 0 Å². The van der Waals surface area contributed by atoms with Crippen LogP contribution in [0.25, 0.3) is 11.0 Å². The van der Waals surface area contributed by atoms with Gasteiger partial charge in [-0.05, 0) is 18.2 Å². The molecule has 0 aliphatic carbocycles. The van der Waals surface area contributed by atoms with E-state index in [2.05, 4.69) is 4.98 Å². The van der Waals surface area contributed by atoms with E-state index in [9.17, 15) is 5.11 Å². The minimum absolute atomic E-state index is 0.144. The first-order valence-electron chi connectivity index (χ1n) is 5.33. The lowest BCUT2D eigenvalue weighted by molar-refractivity contribution is 0.142. The number of fused-ring (bicyclic) bond motifs is 1. The van der Waals surface area contributed by atoms with Crippen LogP contribution in [0.4, 0.5) is 5.69 Å². The Morgan fingerprint density at radius 1 is 1.44 bits per heavy atom. The lowest BCUT2D eigenvalue weighted by Crippen LogP contribution is -2.23. The van der Waals surface area contributed by atoms with Crippen LogP contribution in [-0.2, 0) is 6.54 Å². The van der Waals surface area contributed by atoms with Gasteiger partial charge in [-0.3, -0.25) is 0 Å². The molecule has 1 heterocycles. The maximum Gasteiger partial charge on any atom is 0.0958 e. The summed E-state index contributed by atoms with van der Waals surface area (Å²) in [7, 11) is 0. The second-order valence-corrected chi connectivity index (χ2v) is 4.94. The molecule has 2 aromatic rings. The second-order valence-electron chi connectivity index (χ2n) is 4.94. The fourth-order valence-corrected chi connectivity index (χ4v) is 1.72. The Balaban J connectivity index is 2.39. The van der Waals surface area contributed by atoms with Gasteiger partial charge >= 0.3 is 0 Å². The van der Waals surface area contributed by atoms with Crippen molar-refractivity contribution in [3.05, 3.63) is 24.5 Å². The van der Waals surface area contributed by atoms with Gasteiger partial charge in [-0.25, -0.2) is 4.98 Å². The number of nitrogens with two attached hydrogens (primary N) is 1. The van der Waals surface area contributed by atoms with Crippen molar-refractivity contribution in [3.8, 4) is 0 Å². The normalized spacial score (nSPS) is 12.2. The van der Waals surface area contributed by atoms with Crippen molar-refractivity contribution in [2.24, 2.45) is 5.41 Å². The zero-order chi connectivity index (χ0) is 11.8. The number of aliphatic hydroxyl groups is 1. The molecule has 0 saturated heterocycles. The third-order valence-corrected chi connectivity index (χ3v) is 2.67. The molecule has 2 rings (SSSR count). The monoisotopic (exact) mass is 219 g/mol. The zero-order valence-electron chi connectivity index (χ0n) is 9.64. The molecule has 0 aliphatic heterocycles. The standard InChI is InChI=1S/C12H17N3O/c1-12(2,7-16)6-15-8-14-10-5-9(13)3-4-11(10)15/h3-5,8,16H,6-7,13H2,1-2H3. The summed E-state index contributed by atoms with van der Waals surface area (Å²) in [6.45, 7) is 4.94. The van der Waals surface area contributed by atoms with Crippen molar-refractivity contribution < 1.29 is 5.11 Å². The maximum atomic E-state index is 9.26. The first-order chi connectivity index (χ1) is 7.52. The molecular weight excluding hydrogens is 202 g/mol. The van der Waals surface area contributed by atoms with E-state index in [0.717, 1.165) is 23.3 Å². The van der Waals surface area contributed by atoms with Gasteiger partial charge in [-0.1, -0.05) is 13.8 Å². The molecular formula is C12H17N3O. The van der Waals surface area contributed by atoms with Crippen LogP contribution in [0, 0.1) is 5.41 Å². The first kappa shape index (κ1) is 11.0. The summed E-state index contributed by atoms with van der Waals surface area (Å²) in [6.07, 6.45) is 1.79. The van der Waals surface area contributed by atoms with E-state index in [1.165, 1.54) is 0 Å². The highest BCUT2D eigenvalue weighted by Gasteiger charge is 2.18. The smallest absolute Gasteiger partial charge is 0.0958 e. The van der Waals surface area contributed by atoms with Crippen molar-refractivity contribution >= 4 is 16.7 Å². The molecule has 86 valence electrons. The van der Waals surface area contributed by atoms with Crippen molar-refractivity contribution in [1.29, 1.82) is 0 Å². The van der Waals surface area contributed by atoms with Crippen molar-refractivity contribution in [1.82, 2.24) is 9.55 Å². The molecule has 3 N–H and O–H groups in total. The van der Waals surface area contributed by atoms with E-state index in [1.54, 1.807) is 6.33 Å². The summed E-state index contributed by atoms with van der Waals surface area (Å²) >= 11 is 0. The molecule has 0 saturated carbocycles. The van der Waals surface area contributed by atoms with Crippen LogP contribution in [0.3, 0.4) is 0 Å². The number of anilines is 1. The number of aromatic nitrogens is 2.